The van der Waals surface area contributed by atoms with E-state index in [4.69, 9.17) is 9.72 Å². The summed E-state index contributed by atoms with van der Waals surface area (Å²) in [7, 11) is 5.32. The van der Waals surface area contributed by atoms with Gasteiger partial charge in [0, 0.05) is 31.0 Å². The minimum Gasteiger partial charge on any atom is -0.465 e. The van der Waals surface area contributed by atoms with Crippen LogP contribution in [0.3, 0.4) is 0 Å². The molecule has 0 unspecified atom stereocenters. The Morgan fingerprint density at radius 3 is 2.31 bits per heavy atom. The van der Waals surface area contributed by atoms with Gasteiger partial charge in [0.15, 0.2) is 0 Å². The number of benzene rings is 3. The maximum absolute atomic E-state index is 13.5. The average Bonchev–Trinajstić information content (AvgIpc) is 3.12. The molecule has 0 radical (unpaired) electrons. The van der Waals surface area contributed by atoms with Crippen LogP contribution in [-0.4, -0.2) is 36.7 Å². The number of anilines is 1. The third kappa shape index (κ3) is 3.45. The lowest BCUT2D eigenvalue weighted by molar-refractivity contribution is 0.0601. The van der Waals surface area contributed by atoms with Crippen LogP contribution in [0.1, 0.15) is 10.4 Å². The third-order valence-corrected chi connectivity index (χ3v) is 4.80. The summed E-state index contributed by atoms with van der Waals surface area (Å²) >= 11 is 0. The van der Waals surface area contributed by atoms with Crippen molar-refractivity contribution in [2.24, 2.45) is 0 Å². The number of aromatic nitrogens is 2. The van der Waals surface area contributed by atoms with Crippen molar-refractivity contribution in [1.82, 2.24) is 9.55 Å². The zero-order valence-corrected chi connectivity index (χ0v) is 16.4. The van der Waals surface area contributed by atoms with Crippen LogP contribution in [0.15, 0.2) is 66.7 Å². The molecule has 3 aromatic carbocycles. The summed E-state index contributed by atoms with van der Waals surface area (Å²) in [5, 5.41) is 0. The molecule has 0 spiro atoms. The van der Waals surface area contributed by atoms with Crippen LogP contribution >= 0.6 is 0 Å². The minimum absolute atomic E-state index is 0.303. The number of carbonyl (C=O) groups is 1. The molecule has 29 heavy (non-hydrogen) atoms. The summed E-state index contributed by atoms with van der Waals surface area (Å²) < 4.78 is 20.3. The molecule has 0 amide bonds. The van der Waals surface area contributed by atoms with Gasteiger partial charge in [-0.05, 0) is 66.7 Å². The fraction of sp³-hybridized carbons (Fsp3) is 0.130. The van der Waals surface area contributed by atoms with E-state index < -0.39 is 5.97 Å². The zero-order valence-electron chi connectivity index (χ0n) is 16.4. The van der Waals surface area contributed by atoms with E-state index in [-0.39, 0.29) is 5.82 Å². The number of imidazole rings is 1. The normalized spacial score (nSPS) is 10.9. The molecule has 4 rings (SSSR count). The summed E-state index contributed by atoms with van der Waals surface area (Å²) in [5.41, 5.74) is 4.67. The first-order valence-electron chi connectivity index (χ1n) is 9.12. The highest BCUT2D eigenvalue weighted by atomic mass is 19.1. The van der Waals surface area contributed by atoms with E-state index in [0.717, 1.165) is 22.5 Å². The van der Waals surface area contributed by atoms with Gasteiger partial charge < -0.3 is 9.64 Å². The molecule has 146 valence electrons. The Kier molecular flexibility index (Phi) is 4.76. The van der Waals surface area contributed by atoms with Crippen molar-refractivity contribution in [3.63, 3.8) is 0 Å². The lowest BCUT2D eigenvalue weighted by Crippen LogP contribution is -2.08. The number of fused-ring (bicyclic) bond motifs is 1. The van der Waals surface area contributed by atoms with Gasteiger partial charge in [-0.1, -0.05) is 0 Å². The molecule has 1 aromatic heterocycles. The van der Waals surface area contributed by atoms with Crippen molar-refractivity contribution >= 4 is 22.7 Å². The Balaban J connectivity index is 1.94. The maximum atomic E-state index is 13.5. The van der Waals surface area contributed by atoms with Gasteiger partial charge in [0.1, 0.15) is 11.6 Å². The van der Waals surface area contributed by atoms with Crippen LogP contribution in [0.25, 0.3) is 28.1 Å². The zero-order chi connectivity index (χ0) is 20.5. The van der Waals surface area contributed by atoms with E-state index in [2.05, 4.69) is 0 Å². The van der Waals surface area contributed by atoms with Crippen molar-refractivity contribution in [3.05, 3.63) is 78.1 Å². The molecule has 0 fully saturated rings. The number of carbonyl (C=O) groups excluding carboxylic acids is 1. The number of ether oxygens (including phenoxy) is 1. The van der Waals surface area contributed by atoms with Crippen molar-refractivity contribution in [3.8, 4) is 17.1 Å². The molecule has 1 heterocycles. The number of hydrogen-bond donors (Lipinski definition) is 0. The van der Waals surface area contributed by atoms with Gasteiger partial charge in [-0.25, -0.2) is 14.2 Å². The molecular weight excluding hydrogens is 369 g/mol. The van der Waals surface area contributed by atoms with E-state index in [1.54, 1.807) is 24.3 Å². The van der Waals surface area contributed by atoms with Crippen LogP contribution in [0, 0.1) is 5.82 Å². The molecule has 4 aromatic rings. The van der Waals surface area contributed by atoms with Gasteiger partial charge >= 0.3 is 5.97 Å². The second-order valence-electron chi connectivity index (χ2n) is 6.88. The first-order valence-corrected chi connectivity index (χ1v) is 9.12. The Morgan fingerprint density at radius 2 is 1.69 bits per heavy atom. The SMILES string of the molecule is COC(=O)c1ccc2c(c1)nc(-c1ccc(N(C)C)cc1)n2-c1ccc(F)cc1. The lowest BCUT2D eigenvalue weighted by Gasteiger charge is -2.13. The number of rotatable bonds is 4. The molecule has 0 N–H and O–H groups in total. The lowest BCUT2D eigenvalue weighted by atomic mass is 10.1. The number of esters is 1. The molecule has 0 aliphatic carbocycles. The fourth-order valence-corrected chi connectivity index (χ4v) is 3.28. The van der Waals surface area contributed by atoms with E-state index in [9.17, 15) is 9.18 Å². The highest BCUT2D eigenvalue weighted by Gasteiger charge is 2.17. The van der Waals surface area contributed by atoms with E-state index in [0.29, 0.717) is 16.9 Å². The highest BCUT2D eigenvalue weighted by Crippen LogP contribution is 2.30. The van der Waals surface area contributed by atoms with Gasteiger partial charge in [0.05, 0.1) is 23.7 Å². The summed E-state index contributed by atoms with van der Waals surface area (Å²) in [6.07, 6.45) is 0. The molecule has 0 aliphatic heterocycles. The Hall–Kier alpha value is -3.67. The van der Waals surface area contributed by atoms with E-state index in [1.807, 2.05) is 53.9 Å². The summed E-state index contributed by atoms with van der Waals surface area (Å²) in [5.74, 6) is -0.0120. The molecule has 0 bridgehead atoms. The van der Waals surface area contributed by atoms with Gasteiger partial charge in [-0.15, -0.1) is 0 Å². The monoisotopic (exact) mass is 389 g/mol. The molecule has 0 saturated carbocycles. The van der Waals surface area contributed by atoms with Crippen LogP contribution in [0.2, 0.25) is 0 Å². The maximum Gasteiger partial charge on any atom is 0.337 e. The number of methoxy groups -OCH3 is 1. The quantitative estimate of drug-likeness (QED) is 0.475. The van der Waals surface area contributed by atoms with Crippen LogP contribution < -0.4 is 4.90 Å². The van der Waals surface area contributed by atoms with Crippen molar-refractivity contribution in [2.75, 3.05) is 26.1 Å². The topological polar surface area (TPSA) is 47.4 Å². The molecular formula is C23H20FN3O2. The smallest absolute Gasteiger partial charge is 0.337 e. The number of hydrogen-bond acceptors (Lipinski definition) is 4. The summed E-state index contributed by atoms with van der Waals surface area (Å²) in [6.45, 7) is 0. The highest BCUT2D eigenvalue weighted by molar-refractivity contribution is 5.95. The minimum atomic E-state index is -0.417. The van der Waals surface area contributed by atoms with E-state index in [1.165, 1.54) is 19.2 Å². The standard InChI is InChI=1S/C23H20FN3O2/c1-26(2)18-9-4-15(5-10-18)22-25-20-14-16(23(28)29-3)6-13-21(20)27(22)19-11-7-17(24)8-12-19/h4-14H,1-3H3. The van der Waals surface area contributed by atoms with Gasteiger partial charge in [0.2, 0.25) is 0 Å². The van der Waals surface area contributed by atoms with Gasteiger partial charge in [-0.3, -0.25) is 4.57 Å². The van der Waals surface area contributed by atoms with Gasteiger partial charge in [0.25, 0.3) is 0 Å². The Bertz CT molecular complexity index is 1180. The van der Waals surface area contributed by atoms with Crippen LogP contribution in [0.5, 0.6) is 0 Å². The second-order valence-corrected chi connectivity index (χ2v) is 6.88. The Morgan fingerprint density at radius 1 is 1.00 bits per heavy atom. The average molecular weight is 389 g/mol. The first kappa shape index (κ1) is 18.7. The Labute approximate surface area is 168 Å². The largest absolute Gasteiger partial charge is 0.465 e. The summed E-state index contributed by atoms with van der Waals surface area (Å²) in [6, 6.07) is 19.5. The third-order valence-electron chi connectivity index (χ3n) is 4.80. The first-order chi connectivity index (χ1) is 14.0. The van der Waals surface area contributed by atoms with Crippen molar-refractivity contribution in [2.45, 2.75) is 0 Å². The molecule has 5 nitrogen and oxygen atoms in total. The van der Waals surface area contributed by atoms with Crippen LogP contribution in [-0.2, 0) is 4.74 Å². The predicted molar refractivity (Wildman–Crippen MR) is 112 cm³/mol. The summed E-state index contributed by atoms with van der Waals surface area (Å²) in [4.78, 5) is 18.7. The number of nitrogens with zero attached hydrogens (tertiary/aromatic N) is 3. The van der Waals surface area contributed by atoms with Crippen molar-refractivity contribution < 1.29 is 13.9 Å². The van der Waals surface area contributed by atoms with Crippen LogP contribution in [0.4, 0.5) is 10.1 Å². The number of halogens is 1. The van der Waals surface area contributed by atoms with Gasteiger partial charge in [-0.2, -0.15) is 0 Å². The molecule has 0 atom stereocenters. The molecule has 0 aliphatic rings. The van der Waals surface area contributed by atoms with Crippen molar-refractivity contribution in [1.29, 1.82) is 0 Å². The van der Waals surface area contributed by atoms with E-state index >= 15 is 0 Å². The molecule has 0 saturated heterocycles. The molecule has 6 heteroatoms. The second kappa shape index (κ2) is 7.39. The fourth-order valence-electron chi connectivity index (χ4n) is 3.28. The predicted octanol–water partition coefficient (Wildman–Crippen LogP) is 4.68.